The summed E-state index contributed by atoms with van der Waals surface area (Å²) >= 11 is 0. The Morgan fingerprint density at radius 1 is 1.47 bits per heavy atom. The Hall–Kier alpha value is -1.71. The molecule has 92 valence electrons. The molecule has 1 amide bonds. The van der Waals surface area contributed by atoms with E-state index in [1.807, 2.05) is 0 Å². The molecule has 0 unspecified atom stereocenters. The zero-order valence-corrected chi connectivity index (χ0v) is 10.1. The largest absolute Gasteiger partial charge is 0.508 e. The molecule has 0 spiro atoms. The molecular formula is C13H17NO3. The van der Waals surface area contributed by atoms with Gasteiger partial charge in [-0.15, -0.1) is 0 Å². The predicted molar refractivity (Wildman–Crippen MR) is 64.3 cm³/mol. The first kappa shape index (κ1) is 11.8. The molecule has 17 heavy (non-hydrogen) atoms. The van der Waals surface area contributed by atoms with Crippen molar-refractivity contribution < 1.29 is 14.6 Å². The number of carbonyl (C=O) groups is 1. The lowest BCUT2D eigenvalue weighted by Gasteiger charge is -2.15. The number of hydrogen-bond donors (Lipinski definition) is 1. The van der Waals surface area contributed by atoms with Crippen LogP contribution in [0.2, 0.25) is 0 Å². The van der Waals surface area contributed by atoms with Crippen molar-refractivity contribution in [2.45, 2.75) is 12.8 Å². The Morgan fingerprint density at radius 2 is 2.18 bits per heavy atom. The first-order chi connectivity index (χ1) is 8.08. The molecule has 1 N–H and O–H groups in total. The molecule has 1 saturated carbocycles. The lowest BCUT2D eigenvalue weighted by atomic mass is 10.1. The molecule has 4 nitrogen and oxygen atoms in total. The fourth-order valence-electron chi connectivity index (χ4n) is 1.54. The standard InChI is InChI=1S/C13H17NO3/c1-14(2)13(16)11-6-5-10(15)7-12(11)17-8-9-3-4-9/h5-7,9,15H,3-4,8H2,1-2H3. The van der Waals surface area contributed by atoms with Crippen LogP contribution in [0.25, 0.3) is 0 Å². The van der Waals surface area contributed by atoms with Crippen molar-refractivity contribution >= 4 is 5.91 Å². The van der Waals surface area contributed by atoms with Crippen molar-refractivity contribution in [1.82, 2.24) is 4.90 Å². The van der Waals surface area contributed by atoms with Crippen LogP contribution in [0.15, 0.2) is 18.2 Å². The minimum atomic E-state index is -0.115. The van der Waals surface area contributed by atoms with Gasteiger partial charge in [0.1, 0.15) is 11.5 Å². The monoisotopic (exact) mass is 235 g/mol. The molecule has 1 aliphatic rings. The summed E-state index contributed by atoms with van der Waals surface area (Å²) in [4.78, 5) is 13.4. The predicted octanol–water partition coefficient (Wildman–Crippen LogP) is 1.88. The summed E-state index contributed by atoms with van der Waals surface area (Å²) in [7, 11) is 3.39. The fourth-order valence-corrected chi connectivity index (χ4v) is 1.54. The Morgan fingerprint density at radius 3 is 2.76 bits per heavy atom. The quantitative estimate of drug-likeness (QED) is 0.867. The number of amides is 1. The van der Waals surface area contributed by atoms with E-state index >= 15 is 0 Å². The van der Waals surface area contributed by atoms with Gasteiger partial charge >= 0.3 is 0 Å². The average molecular weight is 235 g/mol. The van der Waals surface area contributed by atoms with Crippen molar-refractivity contribution in [3.8, 4) is 11.5 Å². The number of carbonyl (C=O) groups excluding carboxylic acids is 1. The van der Waals surface area contributed by atoms with Crippen molar-refractivity contribution in [2.75, 3.05) is 20.7 Å². The second-order valence-corrected chi connectivity index (χ2v) is 4.63. The Balaban J connectivity index is 2.19. The lowest BCUT2D eigenvalue weighted by Crippen LogP contribution is -2.22. The molecule has 1 aromatic rings. The van der Waals surface area contributed by atoms with Crippen LogP contribution in [0.5, 0.6) is 11.5 Å². The van der Waals surface area contributed by atoms with E-state index in [1.54, 1.807) is 20.2 Å². The highest BCUT2D eigenvalue weighted by atomic mass is 16.5. The van der Waals surface area contributed by atoms with E-state index in [-0.39, 0.29) is 11.7 Å². The van der Waals surface area contributed by atoms with E-state index in [0.29, 0.717) is 23.8 Å². The molecular weight excluding hydrogens is 218 g/mol. The van der Waals surface area contributed by atoms with Crippen LogP contribution in [0, 0.1) is 5.92 Å². The third-order valence-electron chi connectivity index (χ3n) is 2.77. The summed E-state index contributed by atoms with van der Waals surface area (Å²) in [6.07, 6.45) is 2.38. The van der Waals surface area contributed by atoms with Gasteiger partial charge in [-0.1, -0.05) is 0 Å². The van der Waals surface area contributed by atoms with Gasteiger partial charge in [0.15, 0.2) is 0 Å². The van der Waals surface area contributed by atoms with Gasteiger partial charge in [-0.2, -0.15) is 0 Å². The highest BCUT2D eigenvalue weighted by molar-refractivity contribution is 5.96. The Kier molecular flexibility index (Phi) is 3.22. The normalized spacial score (nSPS) is 14.5. The van der Waals surface area contributed by atoms with Gasteiger partial charge in [0.05, 0.1) is 12.2 Å². The minimum Gasteiger partial charge on any atom is -0.508 e. The van der Waals surface area contributed by atoms with Crippen LogP contribution in [0.1, 0.15) is 23.2 Å². The maximum Gasteiger partial charge on any atom is 0.257 e. The summed E-state index contributed by atoms with van der Waals surface area (Å²) in [5.74, 6) is 1.08. The third-order valence-corrected chi connectivity index (χ3v) is 2.77. The second kappa shape index (κ2) is 4.65. The smallest absolute Gasteiger partial charge is 0.257 e. The van der Waals surface area contributed by atoms with Gasteiger partial charge in [-0.05, 0) is 30.9 Å². The van der Waals surface area contributed by atoms with Crippen molar-refractivity contribution in [2.24, 2.45) is 5.92 Å². The van der Waals surface area contributed by atoms with Crippen LogP contribution in [-0.2, 0) is 0 Å². The molecule has 0 radical (unpaired) electrons. The summed E-state index contributed by atoms with van der Waals surface area (Å²) in [6.45, 7) is 0.622. The summed E-state index contributed by atoms with van der Waals surface area (Å²) in [5.41, 5.74) is 0.494. The zero-order chi connectivity index (χ0) is 12.4. The lowest BCUT2D eigenvalue weighted by molar-refractivity contribution is 0.0823. The summed E-state index contributed by atoms with van der Waals surface area (Å²) in [5, 5.41) is 9.43. The maximum absolute atomic E-state index is 11.9. The number of hydrogen-bond acceptors (Lipinski definition) is 3. The highest BCUT2D eigenvalue weighted by Gasteiger charge is 2.23. The Labute approximate surface area is 101 Å². The molecule has 0 aliphatic heterocycles. The van der Waals surface area contributed by atoms with Crippen molar-refractivity contribution in [1.29, 1.82) is 0 Å². The van der Waals surface area contributed by atoms with Crippen LogP contribution in [-0.4, -0.2) is 36.6 Å². The second-order valence-electron chi connectivity index (χ2n) is 4.63. The van der Waals surface area contributed by atoms with Gasteiger partial charge in [-0.3, -0.25) is 4.79 Å². The van der Waals surface area contributed by atoms with Crippen LogP contribution in [0.3, 0.4) is 0 Å². The van der Waals surface area contributed by atoms with Gasteiger partial charge < -0.3 is 14.7 Å². The van der Waals surface area contributed by atoms with E-state index in [9.17, 15) is 9.90 Å². The molecule has 0 heterocycles. The SMILES string of the molecule is CN(C)C(=O)c1ccc(O)cc1OCC1CC1. The van der Waals surface area contributed by atoms with Crippen LogP contribution in [0.4, 0.5) is 0 Å². The minimum absolute atomic E-state index is 0.115. The number of phenolic OH excluding ortho intramolecular Hbond substituents is 1. The van der Waals surface area contributed by atoms with Crippen molar-refractivity contribution in [3.63, 3.8) is 0 Å². The molecule has 0 saturated heterocycles. The first-order valence-corrected chi connectivity index (χ1v) is 5.75. The number of nitrogens with zero attached hydrogens (tertiary/aromatic N) is 1. The van der Waals surface area contributed by atoms with Gasteiger partial charge in [0.25, 0.3) is 5.91 Å². The molecule has 1 aliphatic carbocycles. The molecule has 0 aromatic heterocycles. The molecule has 4 heteroatoms. The third kappa shape index (κ3) is 2.90. The summed E-state index contributed by atoms with van der Waals surface area (Å²) in [6, 6.07) is 4.60. The zero-order valence-electron chi connectivity index (χ0n) is 10.1. The summed E-state index contributed by atoms with van der Waals surface area (Å²) < 4.78 is 5.61. The molecule has 0 bridgehead atoms. The van der Waals surface area contributed by atoms with E-state index in [1.165, 1.54) is 29.9 Å². The maximum atomic E-state index is 11.9. The van der Waals surface area contributed by atoms with Crippen molar-refractivity contribution in [3.05, 3.63) is 23.8 Å². The number of aromatic hydroxyl groups is 1. The number of rotatable bonds is 4. The van der Waals surface area contributed by atoms with E-state index in [4.69, 9.17) is 4.74 Å². The van der Waals surface area contributed by atoms with E-state index in [0.717, 1.165) is 0 Å². The average Bonchev–Trinajstić information content (AvgIpc) is 3.09. The fraction of sp³-hybridized carbons (Fsp3) is 0.462. The number of phenols is 1. The van der Waals surface area contributed by atoms with E-state index < -0.39 is 0 Å². The molecule has 1 fully saturated rings. The molecule has 2 rings (SSSR count). The topological polar surface area (TPSA) is 49.8 Å². The highest BCUT2D eigenvalue weighted by Crippen LogP contribution is 2.31. The molecule has 0 atom stereocenters. The van der Waals surface area contributed by atoms with Gasteiger partial charge in [-0.25, -0.2) is 0 Å². The Bertz CT molecular complexity index is 425. The molecule has 1 aromatic carbocycles. The first-order valence-electron chi connectivity index (χ1n) is 5.75. The van der Waals surface area contributed by atoms with Crippen LogP contribution < -0.4 is 4.74 Å². The number of benzene rings is 1. The van der Waals surface area contributed by atoms with Gasteiger partial charge in [0, 0.05) is 20.2 Å². The number of ether oxygens (including phenoxy) is 1. The van der Waals surface area contributed by atoms with Crippen LogP contribution >= 0.6 is 0 Å². The van der Waals surface area contributed by atoms with Gasteiger partial charge in [0.2, 0.25) is 0 Å². The van der Waals surface area contributed by atoms with E-state index in [2.05, 4.69) is 0 Å².